The van der Waals surface area contributed by atoms with Crippen LogP contribution < -0.4 is 15.0 Å². The van der Waals surface area contributed by atoms with E-state index in [1.807, 2.05) is 54.2 Å². The van der Waals surface area contributed by atoms with Crippen molar-refractivity contribution in [2.75, 3.05) is 32.6 Å². The Kier molecular flexibility index (Phi) is 5.61. The van der Waals surface area contributed by atoms with E-state index < -0.39 is 0 Å². The van der Waals surface area contributed by atoms with Gasteiger partial charge in [-0.25, -0.2) is 9.78 Å². The van der Waals surface area contributed by atoms with Crippen LogP contribution in [-0.4, -0.2) is 43.7 Å². The summed E-state index contributed by atoms with van der Waals surface area (Å²) in [6.07, 6.45) is 3.75. The van der Waals surface area contributed by atoms with Gasteiger partial charge in [0.1, 0.15) is 11.6 Å². The van der Waals surface area contributed by atoms with Gasteiger partial charge in [0.05, 0.1) is 13.2 Å². The molecule has 1 fully saturated rings. The predicted molar refractivity (Wildman–Crippen MR) is 102 cm³/mol. The predicted octanol–water partition coefficient (Wildman–Crippen LogP) is 3.20. The van der Waals surface area contributed by atoms with Gasteiger partial charge in [-0.2, -0.15) is 0 Å². The van der Waals surface area contributed by atoms with Crippen molar-refractivity contribution in [3.05, 3.63) is 53.7 Å². The number of urea groups is 1. The summed E-state index contributed by atoms with van der Waals surface area (Å²) in [5, 5.41) is 3.04. The van der Waals surface area contributed by atoms with Crippen molar-refractivity contribution in [1.82, 2.24) is 15.2 Å². The molecule has 1 unspecified atom stereocenters. The molecule has 1 N–H and O–H groups in total. The third-order valence-electron chi connectivity index (χ3n) is 4.70. The van der Waals surface area contributed by atoms with Gasteiger partial charge in [0.25, 0.3) is 0 Å². The maximum Gasteiger partial charge on any atom is 0.318 e. The zero-order valence-electron chi connectivity index (χ0n) is 15.6. The average Bonchev–Trinajstić information content (AvgIpc) is 3.16. The Balaban J connectivity index is 1.66. The first-order valence-electron chi connectivity index (χ1n) is 8.89. The van der Waals surface area contributed by atoms with E-state index in [9.17, 15) is 4.79 Å². The maximum atomic E-state index is 12.7. The highest BCUT2D eigenvalue weighted by molar-refractivity contribution is 5.75. The molecule has 2 aromatic rings. The standard InChI is InChI=1S/C20H26N4O2/c1-23(2)19-12-15(9-10-21-19)14-22-20(25)24-11-5-8-18(24)16-6-4-7-17(13-16)26-3/h4,6-7,9-10,12-13,18H,5,8,11,14H2,1-3H3,(H,22,25). The smallest absolute Gasteiger partial charge is 0.318 e. The monoisotopic (exact) mass is 354 g/mol. The third kappa shape index (κ3) is 4.07. The first kappa shape index (κ1) is 18.0. The molecule has 0 radical (unpaired) electrons. The maximum absolute atomic E-state index is 12.7. The van der Waals surface area contributed by atoms with E-state index in [0.29, 0.717) is 6.54 Å². The van der Waals surface area contributed by atoms with Crippen LogP contribution in [0.5, 0.6) is 5.75 Å². The van der Waals surface area contributed by atoms with Crippen molar-refractivity contribution in [2.24, 2.45) is 0 Å². The number of methoxy groups -OCH3 is 1. The number of carbonyl (C=O) groups excluding carboxylic acids is 1. The summed E-state index contributed by atoms with van der Waals surface area (Å²) < 4.78 is 5.32. The summed E-state index contributed by atoms with van der Waals surface area (Å²) >= 11 is 0. The van der Waals surface area contributed by atoms with Gasteiger partial charge in [-0.1, -0.05) is 12.1 Å². The van der Waals surface area contributed by atoms with E-state index >= 15 is 0 Å². The summed E-state index contributed by atoms with van der Waals surface area (Å²) in [5.41, 5.74) is 2.16. The Morgan fingerprint density at radius 1 is 1.35 bits per heavy atom. The zero-order chi connectivity index (χ0) is 18.5. The minimum absolute atomic E-state index is 0.0291. The Bertz CT molecular complexity index is 763. The second-order valence-corrected chi connectivity index (χ2v) is 6.70. The summed E-state index contributed by atoms with van der Waals surface area (Å²) in [6, 6.07) is 12.0. The molecule has 1 atom stereocenters. The van der Waals surface area contributed by atoms with Crippen LogP contribution in [-0.2, 0) is 6.54 Å². The van der Waals surface area contributed by atoms with E-state index in [1.165, 1.54) is 0 Å². The number of pyridine rings is 1. The number of nitrogens with zero attached hydrogens (tertiary/aromatic N) is 3. The molecule has 6 nitrogen and oxygen atoms in total. The number of hydrogen-bond donors (Lipinski definition) is 1. The van der Waals surface area contributed by atoms with Crippen molar-refractivity contribution in [3.8, 4) is 5.75 Å². The SMILES string of the molecule is COc1cccc(C2CCCN2C(=O)NCc2ccnc(N(C)C)c2)c1. The fourth-order valence-electron chi connectivity index (χ4n) is 3.30. The van der Waals surface area contributed by atoms with Crippen LogP contribution in [0.25, 0.3) is 0 Å². The summed E-state index contributed by atoms with van der Waals surface area (Å²) in [7, 11) is 5.57. The molecule has 1 aromatic heterocycles. The number of hydrogen-bond acceptors (Lipinski definition) is 4. The molecule has 138 valence electrons. The lowest BCUT2D eigenvalue weighted by molar-refractivity contribution is 0.192. The molecule has 0 spiro atoms. The minimum Gasteiger partial charge on any atom is -0.497 e. The molecule has 26 heavy (non-hydrogen) atoms. The number of aromatic nitrogens is 1. The second kappa shape index (κ2) is 8.08. The fourth-order valence-corrected chi connectivity index (χ4v) is 3.30. The Hall–Kier alpha value is -2.76. The van der Waals surface area contributed by atoms with Crippen molar-refractivity contribution >= 4 is 11.8 Å². The van der Waals surface area contributed by atoms with E-state index in [4.69, 9.17) is 4.74 Å². The van der Waals surface area contributed by atoms with Gasteiger partial charge in [0, 0.05) is 33.4 Å². The number of benzene rings is 1. The topological polar surface area (TPSA) is 57.7 Å². The molecule has 1 saturated heterocycles. The minimum atomic E-state index is -0.0291. The molecular weight excluding hydrogens is 328 g/mol. The lowest BCUT2D eigenvalue weighted by Gasteiger charge is -2.25. The number of anilines is 1. The zero-order valence-corrected chi connectivity index (χ0v) is 15.6. The molecule has 0 saturated carbocycles. The van der Waals surface area contributed by atoms with Gasteiger partial charge in [0.15, 0.2) is 0 Å². The van der Waals surface area contributed by atoms with E-state index in [-0.39, 0.29) is 12.1 Å². The van der Waals surface area contributed by atoms with Gasteiger partial charge in [-0.15, -0.1) is 0 Å². The third-order valence-corrected chi connectivity index (χ3v) is 4.70. The van der Waals surface area contributed by atoms with Crippen LogP contribution in [0.4, 0.5) is 10.6 Å². The lowest BCUT2D eigenvalue weighted by Crippen LogP contribution is -2.39. The quantitative estimate of drug-likeness (QED) is 0.896. The number of nitrogens with one attached hydrogen (secondary N) is 1. The van der Waals surface area contributed by atoms with Gasteiger partial charge >= 0.3 is 6.03 Å². The number of amides is 2. The second-order valence-electron chi connectivity index (χ2n) is 6.70. The summed E-state index contributed by atoms with van der Waals surface area (Å²) in [4.78, 5) is 20.9. The van der Waals surface area contributed by atoms with Crippen LogP contribution in [0.1, 0.15) is 30.0 Å². The Morgan fingerprint density at radius 3 is 2.96 bits per heavy atom. The number of likely N-dealkylation sites (tertiary alicyclic amines) is 1. The van der Waals surface area contributed by atoms with Crippen molar-refractivity contribution < 1.29 is 9.53 Å². The first-order chi connectivity index (χ1) is 12.6. The van der Waals surface area contributed by atoms with Crippen LogP contribution in [0.15, 0.2) is 42.6 Å². The molecule has 6 heteroatoms. The highest BCUT2D eigenvalue weighted by atomic mass is 16.5. The van der Waals surface area contributed by atoms with Crippen molar-refractivity contribution in [2.45, 2.75) is 25.4 Å². The van der Waals surface area contributed by atoms with Crippen LogP contribution >= 0.6 is 0 Å². The molecule has 1 aliphatic rings. The highest BCUT2D eigenvalue weighted by Gasteiger charge is 2.30. The van der Waals surface area contributed by atoms with Crippen LogP contribution in [0, 0.1) is 0 Å². The van der Waals surface area contributed by atoms with Gasteiger partial charge in [-0.05, 0) is 48.2 Å². The van der Waals surface area contributed by atoms with E-state index in [0.717, 1.165) is 42.1 Å². The van der Waals surface area contributed by atoms with Crippen LogP contribution in [0.3, 0.4) is 0 Å². The molecule has 2 amide bonds. The largest absolute Gasteiger partial charge is 0.497 e. The molecule has 0 aliphatic carbocycles. The fraction of sp³-hybridized carbons (Fsp3) is 0.400. The average molecular weight is 354 g/mol. The normalized spacial score (nSPS) is 16.4. The highest BCUT2D eigenvalue weighted by Crippen LogP contribution is 2.33. The molecule has 3 rings (SSSR count). The molecule has 2 heterocycles. The summed E-state index contributed by atoms with van der Waals surface area (Å²) in [5.74, 6) is 1.70. The number of rotatable bonds is 5. The van der Waals surface area contributed by atoms with Crippen molar-refractivity contribution in [1.29, 1.82) is 0 Å². The number of ether oxygens (including phenoxy) is 1. The molecule has 1 aliphatic heterocycles. The van der Waals surface area contributed by atoms with Crippen molar-refractivity contribution in [3.63, 3.8) is 0 Å². The molecule has 0 bridgehead atoms. The van der Waals surface area contributed by atoms with E-state index in [2.05, 4.69) is 16.4 Å². The molecular formula is C20H26N4O2. The van der Waals surface area contributed by atoms with Gasteiger partial charge in [-0.3, -0.25) is 0 Å². The van der Waals surface area contributed by atoms with Gasteiger partial charge < -0.3 is 19.9 Å². The van der Waals surface area contributed by atoms with E-state index in [1.54, 1.807) is 13.3 Å². The lowest BCUT2D eigenvalue weighted by atomic mass is 10.0. The number of carbonyl (C=O) groups is 1. The van der Waals surface area contributed by atoms with Gasteiger partial charge in [0.2, 0.25) is 0 Å². The summed E-state index contributed by atoms with van der Waals surface area (Å²) in [6.45, 7) is 1.26. The first-order valence-corrected chi connectivity index (χ1v) is 8.89. The van der Waals surface area contributed by atoms with Crippen LogP contribution in [0.2, 0.25) is 0 Å². The Labute approximate surface area is 154 Å². The Morgan fingerprint density at radius 2 is 2.19 bits per heavy atom. The molecule has 1 aromatic carbocycles.